The first-order chi connectivity index (χ1) is 15.8. The van der Waals surface area contributed by atoms with E-state index in [2.05, 4.69) is 26.7 Å². The van der Waals surface area contributed by atoms with Crippen LogP contribution in [-0.2, 0) is 15.9 Å². The Morgan fingerprint density at radius 1 is 1.33 bits per heavy atom. The number of methoxy groups -OCH3 is 1. The minimum atomic E-state index is -0.801. The van der Waals surface area contributed by atoms with E-state index in [1.54, 1.807) is 12.1 Å². The summed E-state index contributed by atoms with van der Waals surface area (Å²) in [5.74, 6) is -2.56. The average Bonchev–Trinajstić information content (AvgIpc) is 3.40. The van der Waals surface area contributed by atoms with Crippen molar-refractivity contribution in [1.82, 2.24) is 19.9 Å². The molecule has 1 aliphatic carbocycles. The summed E-state index contributed by atoms with van der Waals surface area (Å²) in [7, 11) is 1.17. The minimum absolute atomic E-state index is 0.0564. The number of aromatic nitrogens is 3. The number of hydrogen-bond donors (Lipinski definition) is 1. The Kier molecular flexibility index (Phi) is 5.91. The Bertz CT molecular complexity index is 1300. The van der Waals surface area contributed by atoms with Crippen molar-refractivity contribution < 1.29 is 28.2 Å². The van der Waals surface area contributed by atoms with Gasteiger partial charge < -0.3 is 14.8 Å². The Morgan fingerprint density at radius 2 is 2.12 bits per heavy atom. The fourth-order valence-electron chi connectivity index (χ4n) is 4.00. The number of esters is 2. The lowest BCUT2D eigenvalue weighted by atomic mass is 9.98. The van der Waals surface area contributed by atoms with Crippen LogP contribution in [0.4, 0.5) is 4.39 Å². The molecule has 0 spiro atoms. The van der Waals surface area contributed by atoms with Crippen molar-refractivity contribution in [1.29, 1.82) is 0 Å². The molecule has 4 rings (SSSR count). The zero-order chi connectivity index (χ0) is 23.7. The Labute approximate surface area is 188 Å². The van der Waals surface area contributed by atoms with Gasteiger partial charge in [0.2, 0.25) is 0 Å². The molecule has 2 heterocycles. The summed E-state index contributed by atoms with van der Waals surface area (Å²) in [6.07, 6.45) is 3.68. The molecule has 1 amide bonds. The number of benzene rings is 1. The normalized spacial score (nSPS) is 14.6. The van der Waals surface area contributed by atoms with Gasteiger partial charge in [-0.2, -0.15) is 5.10 Å². The maximum atomic E-state index is 14.1. The second-order valence-corrected chi connectivity index (χ2v) is 7.50. The monoisotopic (exact) mass is 452 g/mol. The van der Waals surface area contributed by atoms with E-state index in [0.29, 0.717) is 18.4 Å². The molecule has 2 aromatic heterocycles. The van der Waals surface area contributed by atoms with Crippen LogP contribution in [0.5, 0.6) is 0 Å². The van der Waals surface area contributed by atoms with E-state index in [1.165, 1.54) is 19.3 Å². The predicted molar refractivity (Wildman–Crippen MR) is 114 cm³/mol. The summed E-state index contributed by atoms with van der Waals surface area (Å²) in [4.78, 5) is 41.2. The van der Waals surface area contributed by atoms with E-state index >= 15 is 0 Å². The van der Waals surface area contributed by atoms with Crippen LogP contribution in [0.25, 0.3) is 5.65 Å². The number of rotatable bonds is 6. The smallest absolute Gasteiger partial charge is 0.356 e. The van der Waals surface area contributed by atoms with Crippen molar-refractivity contribution in [3.63, 3.8) is 0 Å². The summed E-state index contributed by atoms with van der Waals surface area (Å²) in [6, 6.07) is 4.34. The lowest BCUT2D eigenvalue weighted by Crippen LogP contribution is -2.29. The number of nitrogens with zero attached hydrogens (tertiary/aromatic N) is 3. The molecule has 170 valence electrons. The first kappa shape index (κ1) is 22.1. The summed E-state index contributed by atoms with van der Waals surface area (Å²) >= 11 is 0. The SMILES string of the molecule is C=CCOC(=O)c1ccc2c(c1C)CC[C@@H]2NC(=O)c1cc(C(=O)OC)nc2c(F)cnn12. The molecule has 0 radical (unpaired) electrons. The van der Waals surface area contributed by atoms with Crippen molar-refractivity contribution in [3.8, 4) is 0 Å². The van der Waals surface area contributed by atoms with Crippen LogP contribution in [0, 0.1) is 12.7 Å². The molecule has 1 N–H and O–H groups in total. The molecule has 0 unspecified atom stereocenters. The number of hydrogen-bond acceptors (Lipinski definition) is 7. The second kappa shape index (κ2) is 8.81. The molecule has 0 saturated heterocycles. The van der Waals surface area contributed by atoms with Crippen molar-refractivity contribution in [2.75, 3.05) is 13.7 Å². The van der Waals surface area contributed by atoms with Crippen LogP contribution in [0.3, 0.4) is 0 Å². The van der Waals surface area contributed by atoms with Gasteiger partial charge in [0.1, 0.15) is 12.3 Å². The second-order valence-electron chi connectivity index (χ2n) is 7.50. The molecule has 1 atom stereocenters. The van der Waals surface area contributed by atoms with Crippen molar-refractivity contribution in [2.45, 2.75) is 25.8 Å². The molecule has 0 bridgehead atoms. The molecule has 10 heteroatoms. The van der Waals surface area contributed by atoms with Crippen LogP contribution < -0.4 is 5.32 Å². The fourth-order valence-corrected chi connectivity index (χ4v) is 4.00. The quantitative estimate of drug-likeness (QED) is 0.452. The topological polar surface area (TPSA) is 112 Å². The summed E-state index contributed by atoms with van der Waals surface area (Å²) in [5, 5.41) is 6.78. The predicted octanol–water partition coefficient (Wildman–Crippen LogP) is 2.72. The van der Waals surface area contributed by atoms with Gasteiger partial charge in [-0.1, -0.05) is 18.7 Å². The van der Waals surface area contributed by atoms with Crippen LogP contribution in [0.2, 0.25) is 0 Å². The van der Waals surface area contributed by atoms with Gasteiger partial charge in [0.05, 0.1) is 24.9 Å². The average molecular weight is 452 g/mol. The van der Waals surface area contributed by atoms with Gasteiger partial charge in [-0.3, -0.25) is 4.79 Å². The number of carbonyl (C=O) groups is 3. The summed E-state index contributed by atoms with van der Waals surface area (Å²) in [6.45, 7) is 5.50. The highest BCUT2D eigenvalue weighted by molar-refractivity contribution is 5.97. The maximum absolute atomic E-state index is 14.1. The molecule has 33 heavy (non-hydrogen) atoms. The van der Waals surface area contributed by atoms with Gasteiger partial charge in [0.25, 0.3) is 5.91 Å². The summed E-state index contributed by atoms with van der Waals surface area (Å²) < 4.78 is 24.9. The molecule has 3 aromatic rings. The zero-order valence-electron chi connectivity index (χ0n) is 18.1. The molecule has 9 nitrogen and oxygen atoms in total. The highest BCUT2D eigenvalue weighted by Gasteiger charge is 2.29. The van der Waals surface area contributed by atoms with E-state index in [4.69, 9.17) is 4.74 Å². The maximum Gasteiger partial charge on any atom is 0.356 e. The number of ether oxygens (including phenoxy) is 2. The third-order valence-electron chi connectivity index (χ3n) is 5.61. The minimum Gasteiger partial charge on any atom is -0.464 e. The van der Waals surface area contributed by atoms with Crippen molar-refractivity contribution in [3.05, 3.63) is 76.5 Å². The molecule has 1 aliphatic rings. The van der Waals surface area contributed by atoms with E-state index in [0.717, 1.165) is 27.4 Å². The molecular weight excluding hydrogens is 431 g/mol. The van der Waals surface area contributed by atoms with Crippen LogP contribution in [0.15, 0.2) is 37.1 Å². The Hall–Kier alpha value is -4.08. The molecule has 1 aromatic carbocycles. The first-order valence-electron chi connectivity index (χ1n) is 10.2. The van der Waals surface area contributed by atoms with Gasteiger partial charge >= 0.3 is 11.9 Å². The fraction of sp³-hybridized carbons (Fsp3) is 0.261. The van der Waals surface area contributed by atoms with Gasteiger partial charge in [0.15, 0.2) is 17.2 Å². The van der Waals surface area contributed by atoms with E-state index in [-0.39, 0.29) is 29.7 Å². The van der Waals surface area contributed by atoms with Crippen LogP contribution >= 0.6 is 0 Å². The van der Waals surface area contributed by atoms with Gasteiger partial charge in [-0.05, 0) is 42.5 Å². The van der Waals surface area contributed by atoms with E-state index in [1.807, 2.05) is 6.92 Å². The zero-order valence-corrected chi connectivity index (χ0v) is 18.1. The van der Waals surface area contributed by atoms with Crippen molar-refractivity contribution >= 4 is 23.5 Å². The van der Waals surface area contributed by atoms with Gasteiger partial charge in [-0.25, -0.2) is 23.5 Å². The molecule has 0 saturated carbocycles. The highest BCUT2D eigenvalue weighted by Crippen LogP contribution is 2.35. The van der Waals surface area contributed by atoms with Crippen molar-refractivity contribution in [2.24, 2.45) is 0 Å². The van der Waals surface area contributed by atoms with E-state index < -0.39 is 23.7 Å². The van der Waals surface area contributed by atoms with Crippen LogP contribution in [-0.4, -0.2) is 46.2 Å². The number of halogens is 1. The Morgan fingerprint density at radius 3 is 2.85 bits per heavy atom. The lowest BCUT2D eigenvalue weighted by Gasteiger charge is -2.16. The van der Waals surface area contributed by atoms with Gasteiger partial charge in [-0.15, -0.1) is 0 Å². The number of carbonyl (C=O) groups excluding carboxylic acids is 3. The lowest BCUT2D eigenvalue weighted by molar-refractivity contribution is 0.0547. The number of fused-ring (bicyclic) bond motifs is 2. The third kappa shape index (κ3) is 3.95. The van der Waals surface area contributed by atoms with Gasteiger partial charge in [0, 0.05) is 6.07 Å². The first-order valence-corrected chi connectivity index (χ1v) is 10.2. The third-order valence-corrected chi connectivity index (χ3v) is 5.61. The number of nitrogens with one attached hydrogen (secondary N) is 1. The number of amides is 1. The Balaban J connectivity index is 1.63. The van der Waals surface area contributed by atoms with Crippen LogP contribution in [0.1, 0.15) is 60.5 Å². The molecular formula is C23H21FN4O5. The molecule has 0 aliphatic heterocycles. The highest BCUT2D eigenvalue weighted by atomic mass is 19.1. The molecule has 0 fully saturated rings. The largest absolute Gasteiger partial charge is 0.464 e. The summed E-state index contributed by atoms with van der Waals surface area (Å²) in [5.41, 5.74) is 2.59. The van der Waals surface area contributed by atoms with E-state index in [9.17, 15) is 18.8 Å². The standard InChI is InChI=1S/C23H21FN4O5/c1-4-9-33-22(30)14-5-6-15-13(12(14)2)7-8-17(15)27-21(29)19-10-18(23(31)32-3)26-20-16(24)11-25-28(19)20/h4-6,10-11,17H,1,7-9H2,2-3H3,(H,27,29)/t17-/m0/s1.